The van der Waals surface area contributed by atoms with E-state index in [1.54, 1.807) is 4.88 Å². The fourth-order valence-corrected chi connectivity index (χ4v) is 7.02. The summed E-state index contributed by atoms with van der Waals surface area (Å²) in [5.41, 5.74) is 11.5. The second kappa shape index (κ2) is 7.26. The monoisotopic (exact) mass is 407 g/mol. The van der Waals surface area contributed by atoms with Crippen molar-refractivity contribution in [2.75, 3.05) is 13.1 Å². The van der Waals surface area contributed by atoms with Crippen molar-refractivity contribution >= 4 is 33.7 Å². The summed E-state index contributed by atoms with van der Waals surface area (Å²) in [4.78, 5) is 14.0. The largest absolute Gasteiger partial charge is 0.390 e. The highest BCUT2D eigenvalue weighted by Gasteiger charge is 2.40. The molecule has 0 aromatic carbocycles. The Labute approximate surface area is 175 Å². The van der Waals surface area contributed by atoms with E-state index in [0.717, 1.165) is 28.9 Å². The molecule has 4 N–H and O–H groups in total. The maximum absolute atomic E-state index is 5.44. The number of piperidine rings is 1. The molecule has 29 heavy (non-hydrogen) atoms. The minimum Gasteiger partial charge on any atom is -0.390 e. The molecule has 2 bridgehead atoms. The van der Waals surface area contributed by atoms with Gasteiger partial charge in [0.15, 0.2) is 5.82 Å². The number of hydrogen-bond donors (Lipinski definition) is 3. The number of aliphatic imine (C=N–C) groups is 1. The van der Waals surface area contributed by atoms with E-state index in [0.29, 0.717) is 11.7 Å². The molecule has 1 saturated heterocycles. The van der Waals surface area contributed by atoms with E-state index in [9.17, 15) is 0 Å². The van der Waals surface area contributed by atoms with Crippen LogP contribution >= 0.6 is 11.3 Å². The molecular weight excluding hydrogens is 378 g/mol. The Morgan fingerprint density at radius 3 is 2.66 bits per heavy atom. The number of aryl methyl sites for hydroxylation is 1. The van der Waals surface area contributed by atoms with E-state index in [1.807, 2.05) is 24.5 Å². The highest BCUT2D eigenvalue weighted by atomic mass is 32.1. The van der Waals surface area contributed by atoms with Crippen LogP contribution in [0.2, 0.25) is 0 Å². The number of nitrogens with two attached hydrogens (primary N) is 1. The Hall–Kier alpha value is -2.18. The first kappa shape index (κ1) is 18.8. The van der Waals surface area contributed by atoms with Crippen LogP contribution in [0.5, 0.6) is 0 Å². The van der Waals surface area contributed by atoms with Crippen molar-refractivity contribution < 1.29 is 0 Å². The zero-order valence-electron chi connectivity index (χ0n) is 17.3. The fraction of sp³-hybridized carbons (Fsp3) is 0.478. The van der Waals surface area contributed by atoms with Crippen molar-refractivity contribution in [1.29, 1.82) is 0 Å². The summed E-state index contributed by atoms with van der Waals surface area (Å²) in [6.07, 6.45) is 5.96. The van der Waals surface area contributed by atoms with Gasteiger partial charge in [-0.2, -0.15) is 0 Å². The molecule has 3 aromatic heterocycles. The number of nitrogens with zero attached hydrogens (tertiary/aromatic N) is 2. The lowest BCUT2D eigenvalue weighted by Gasteiger charge is -2.30. The van der Waals surface area contributed by atoms with Gasteiger partial charge in [-0.15, -0.1) is 11.3 Å². The molecule has 0 radical (unpaired) electrons. The standard InChI is InChI=1S/C23H29N5S/c1-12(2)19-21(16-6-13(3)23(26-10-16)27-11-24)28-17-7-18(29-22(17)19)20-14-4-5-15(20)9-25-8-14/h6-7,10-12,14-15,20,25,28H,4-5,8-9H2,1-3H3,(H2,24,26,27). The van der Waals surface area contributed by atoms with Crippen LogP contribution in [0.3, 0.4) is 0 Å². The van der Waals surface area contributed by atoms with Crippen LogP contribution in [0.15, 0.2) is 23.3 Å². The van der Waals surface area contributed by atoms with Crippen molar-refractivity contribution in [3.8, 4) is 11.3 Å². The third-order valence-electron chi connectivity index (χ3n) is 6.70. The van der Waals surface area contributed by atoms with Gasteiger partial charge in [0.2, 0.25) is 0 Å². The number of nitrogens with one attached hydrogen (secondary N) is 2. The molecule has 1 aliphatic heterocycles. The van der Waals surface area contributed by atoms with Crippen LogP contribution < -0.4 is 11.1 Å². The number of fused-ring (bicyclic) bond motifs is 3. The number of aromatic nitrogens is 2. The van der Waals surface area contributed by atoms with Gasteiger partial charge in [-0.3, -0.25) is 0 Å². The lowest BCUT2D eigenvalue weighted by molar-refractivity contribution is 0.326. The molecule has 2 aliphatic rings. The second-order valence-corrected chi connectivity index (χ2v) is 9.97. The van der Waals surface area contributed by atoms with Gasteiger partial charge in [0.25, 0.3) is 0 Å². The summed E-state index contributed by atoms with van der Waals surface area (Å²) in [7, 11) is 0. The Kier molecular flexibility index (Phi) is 4.71. The molecule has 1 saturated carbocycles. The van der Waals surface area contributed by atoms with Gasteiger partial charge in [-0.25, -0.2) is 9.98 Å². The Morgan fingerprint density at radius 1 is 1.24 bits per heavy atom. The third kappa shape index (κ3) is 3.09. The van der Waals surface area contributed by atoms with Crippen LogP contribution in [0.25, 0.3) is 21.5 Å². The van der Waals surface area contributed by atoms with Crippen LogP contribution in [0.1, 0.15) is 54.5 Å². The highest BCUT2D eigenvalue weighted by Crippen LogP contribution is 2.50. The van der Waals surface area contributed by atoms with Crippen molar-refractivity contribution in [3.05, 3.63) is 34.3 Å². The zero-order valence-corrected chi connectivity index (χ0v) is 18.1. The summed E-state index contributed by atoms with van der Waals surface area (Å²) in [5, 5.41) is 3.63. The molecule has 152 valence electrons. The number of rotatable bonds is 4. The average Bonchev–Trinajstić information content (AvgIpc) is 3.31. The summed E-state index contributed by atoms with van der Waals surface area (Å²) >= 11 is 2.02. The van der Waals surface area contributed by atoms with Crippen molar-refractivity contribution in [2.24, 2.45) is 22.6 Å². The van der Waals surface area contributed by atoms with Gasteiger partial charge in [-0.1, -0.05) is 13.8 Å². The SMILES string of the molecule is Cc1cc(-c2[nH]c3cc(C4C5CCC4CNC5)sc3c2C(C)C)cnc1N=CN. The molecule has 2 fully saturated rings. The first-order chi connectivity index (χ1) is 14.1. The van der Waals surface area contributed by atoms with Gasteiger partial charge >= 0.3 is 0 Å². The molecule has 6 heteroatoms. The maximum Gasteiger partial charge on any atom is 0.156 e. The molecule has 3 aromatic rings. The van der Waals surface area contributed by atoms with E-state index in [4.69, 9.17) is 5.73 Å². The van der Waals surface area contributed by atoms with Crippen LogP contribution in [0, 0.1) is 18.8 Å². The summed E-state index contributed by atoms with van der Waals surface area (Å²) < 4.78 is 1.42. The summed E-state index contributed by atoms with van der Waals surface area (Å²) in [5.74, 6) is 3.47. The molecule has 0 amide bonds. The Morgan fingerprint density at radius 2 is 2.00 bits per heavy atom. The number of thiophene rings is 1. The predicted octanol–water partition coefficient (Wildman–Crippen LogP) is 5.05. The fourth-order valence-electron chi connectivity index (χ4n) is 5.42. The van der Waals surface area contributed by atoms with E-state index in [-0.39, 0.29) is 0 Å². The van der Waals surface area contributed by atoms with Gasteiger partial charge in [-0.05, 0) is 73.9 Å². The van der Waals surface area contributed by atoms with Crippen LogP contribution in [-0.4, -0.2) is 29.4 Å². The summed E-state index contributed by atoms with van der Waals surface area (Å²) in [6.45, 7) is 8.96. The van der Waals surface area contributed by atoms with Crippen LogP contribution in [0.4, 0.5) is 5.82 Å². The predicted molar refractivity (Wildman–Crippen MR) is 122 cm³/mol. The van der Waals surface area contributed by atoms with E-state index in [1.165, 1.54) is 53.7 Å². The number of pyridine rings is 1. The molecule has 0 spiro atoms. The molecule has 2 atom stereocenters. The molecule has 1 aliphatic carbocycles. The van der Waals surface area contributed by atoms with E-state index < -0.39 is 0 Å². The van der Waals surface area contributed by atoms with Crippen molar-refractivity contribution in [2.45, 2.75) is 45.4 Å². The van der Waals surface area contributed by atoms with Gasteiger partial charge < -0.3 is 16.0 Å². The van der Waals surface area contributed by atoms with Gasteiger partial charge in [0, 0.05) is 22.6 Å². The lowest BCUT2D eigenvalue weighted by Crippen LogP contribution is -2.36. The van der Waals surface area contributed by atoms with Gasteiger partial charge in [0.1, 0.15) is 0 Å². The van der Waals surface area contributed by atoms with Crippen molar-refractivity contribution in [3.63, 3.8) is 0 Å². The Balaban J connectivity index is 1.58. The first-order valence-electron chi connectivity index (χ1n) is 10.6. The second-order valence-electron chi connectivity index (χ2n) is 8.88. The highest BCUT2D eigenvalue weighted by molar-refractivity contribution is 7.19. The molecule has 2 unspecified atom stereocenters. The van der Waals surface area contributed by atoms with E-state index >= 15 is 0 Å². The first-order valence-corrected chi connectivity index (χ1v) is 11.5. The Bertz CT molecular complexity index is 1060. The number of H-pyrrole nitrogens is 1. The number of aromatic amines is 1. The summed E-state index contributed by atoms with van der Waals surface area (Å²) in [6, 6.07) is 4.59. The third-order valence-corrected chi connectivity index (χ3v) is 7.97. The smallest absolute Gasteiger partial charge is 0.156 e. The van der Waals surface area contributed by atoms with Gasteiger partial charge in [0.05, 0.1) is 22.2 Å². The zero-order chi connectivity index (χ0) is 20.1. The normalized spacial score (nSPS) is 24.3. The maximum atomic E-state index is 5.44. The quantitative estimate of drug-likeness (QED) is 0.418. The topological polar surface area (TPSA) is 79.1 Å². The lowest BCUT2D eigenvalue weighted by atomic mass is 9.85. The van der Waals surface area contributed by atoms with E-state index in [2.05, 4.69) is 46.3 Å². The average molecular weight is 408 g/mol. The van der Waals surface area contributed by atoms with Crippen LogP contribution in [-0.2, 0) is 0 Å². The molecular formula is C23H29N5S. The molecule has 5 nitrogen and oxygen atoms in total. The minimum atomic E-state index is 0.442. The number of hydrogen-bond acceptors (Lipinski definition) is 4. The minimum absolute atomic E-state index is 0.442. The van der Waals surface area contributed by atoms with Crippen molar-refractivity contribution in [1.82, 2.24) is 15.3 Å². The molecule has 4 heterocycles. The molecule has 5 rings (SSSR count).